The van der Waals surface area contributed by atoms with Crippen LogP contribution in [0.4, 0.5) is 0 Å². The van der Waals surface area contributed by atoms with Crippen LogP contribution < -0.4 is 16.4 Å². The van der Waals surface area contributed by atoms with Crippen LogP contribution in [0, 0.1) is 0 Å². The molecule has 0 unspecified atom stereocenters. The Morgan fingerprint density at radius 3 is 2.86 bits per heavy atom. The summed E-state index contributed by atoms with van der Waals surface area (Å²) in [5, 5.41) is 14.9. The van der Waals surface area contributed by atoms with Gasteiger partial charge in [0.25, 0.3) is 0 Å². The van der Waals surface area contributed by atoms with Crippen LogP contribution in [-0.2, 0) is 0 Å². The number of hydrogen-bond donors (Lipinski definition) is 3. The van der Waals surface area contributed by atoms with Crippen LogP contribution in [0.25, 0.3) is 22.3 Å². The molecule has 3 N–H and O–H groups in total. The van der Waals surface area contributed by atoms with Crippen LogP contribution in [-0.4, -0.2) is 41.5 Å². The van der Waals surface area contributed by atoms with Crippen molar-refractivity contribution in [3.8, 4) is 16.5 Å². The lowest BCUT2D eigenvalue weighted by Gasteiger charge is -2.00. The molecule has 4 heterocycles. The monoisotopic (exact) mass is 408 g/mol. The molecule has 0 amide bonds. The highest BCUT2D eigenvalue weighted by atomic mass is 32.1. The molecule has 4 aromatic rings. The van der Waals surface area contributed by atoms with Crippen molar-refractivity contribution in [1.29, 1.82) is 0 Å². The standard InChI is InChI=1S/C19H16N6O3S/c1-9(26)14-4-5-15(29-14)12-7-16(21-11-2-3-11)25-17(22-12)10(8-20-25)6-13-18(27)24-19(28)23-13/h4-8,11,27H,2-3H2,1H3,(H2,23,24,28)/b10-6-,21-16?. The minimum atomic E-state index is -0.501. The van der Waals surface area contributed by atoms with E-state index in [9.17, 15) is 14.7 Å². The van der Waals surface area contributed by atoms with Gasteiger partial charge in [-0.05, 0) is 38.0 Å². The second-order valence-electron chi connectivity index (χ2n) is 6.90. The van der Waals surface area contributed by atoms with Crippen LogP contribution in [0.5, 0.6) is 5.88 Å². The van der Waals surface area contributed by atoms with Crippen molar-refractivity contribution in [2.75, 3.05) is 0 Å². The maximum Gasteiger partial charge on any atom is 0.326 e. The number of fused-ring (bicyclic) bond motifs is 1. The van der Waals surface area contributed by atoms with Crippen molar-refractivity contribution in [1.82, 2.24) is 24.6 Å². The van der Waals surface area contributed by atoms with Gasteiger partial charge in [0.2, 0.25) is 5.88 Å². The molecule has 1 saturated carbocycles. The SMILES string of the molecule is CC(=O)c1ccc(-c2cc(=NC3CC3)n3nc/c(=C/c4[nH]c(=O)[nH]c4O)c3n2)s1. The number of rotatable bonds is 4. The largest absolute Gasteiger partial charge is 0.493 e. The second kappa shape index (κ2) is 6.52. The lowest BCUT2D eigenvalue weighted by molar-refractivity contribution is 0.102. The van der Waals surface area contributed by atoms with Gasteiger partial charge in [-0.25, -0.2) is 9.78 Å². The van der Waals surface area contributed by atoms with Crippen molar-refractivity contribution in [2.45, 2.75) is 25.8 Å². The lowest BCUT2D eigenvalue weighted by atomic mass is 10.3. The molecule has 10 heteroatoms. The average Bonchev–Trinajstić information content (AvgIpc) is 3.08. The summed E-state index contributed by atoms with van der Waals surface area (Å²) >= 11 is 1.38. The predicted octanol–water partition coefficient (Wildman–Crippen LogP) is 0.993. The van der Waals surface area contributed by atoms with Gasteiger partial charge in [0.1, 0.15) is 5.69 Å². The average molecular weight is 408 g/mol. The van der Waals surface area contributed by atoms with Crippen molar-refractivity contribution >= 4 is 28.8 Å². The first kappa shape index (κ1) is 17.6. The lowest BCUT2D eigenvalue weighted by Crippen LogP contribution is -2.19. The molecule has 0 aliphatic heterocycles. The van der Waals surface area contributed by atoms with Crippen molar-refractivity contribution < 1.29 is 9.90 Å². The normalized spacial score (nSPS) is 15.5. The number of nitrogens with zero attached hydrogens (tertiary/aromatic N) is 4. The van der Waals surface area contributed by atoms with Gasteiger partial charge in [-0.15, -0.1) is 11.3 Å². The summed E-state index contributed by atoms with van der Waals surface area (Å²) in [5.41, 5.74) is 1.65. The summed E-state index contributed by atoms with van der Waals surface area (Å²) in [6, 6.07) is 5.81. The number of imidazole rings is 1. The minimum Gasteiger partial charge on any atom is -0.493 e. The number of thiophene rings is 1. The second-order valence-corrected chi connectivity index (χ2v) is 7.98. The van der Waals surface area contributed by atoms with Gasteiger partial charge in [-0.2, -0.15) is 9.61 Å². The number of aromatic amines is 2. The van der Waals surface area contributed by atoms with Gasteiger partial charge in [0.15, 0.2) is 16.9 Å². The van der Waals surface area contributed by atoms with E-state index in [0.717, 1.165) is 17.7 Å². The number of aromatic nitrogens is 5. The minimum absolute atomic E-state index is 0.00971. The van der Waals surface area contributed by atoms with E-state index in [2.05, 4.69) is 15.1 Å². The Labute approximate surface area is 167 Å². The number of aromatic hydroxyl groups is 1. The fourth-order valence-electron chi connectivity index (χ4n) is 2.99. The third-order valence-corrected chi connectivity index (χ3v) is 5.79. The van der Waals surface area contributed by atoms with E-state index in [0.29, 0.717) is 26.9 Å². The number of Topliss-reactive ketones (excluding diaryl/α,β-unsaturated/α-hetero) is 1. The predicted molar refractivity (Wildman–Crippen MR) is 107 cm³/mol. The smallest absolute Gasteiger partial charge is 0.326 e. The van der Waals surface area contributed by atoms with Gasteiger partial charge in [-0.1, -0.05) is 0 Å². The molecule has 0 radical (unpaired) electrons. The van der Waals surface area contributed by atoms with Crippen LogP contribution in [0.1, 0.15) is 35.1 Å². The molecule has 1 aliphatic rings. The summed E-state index contributed by atoms with van der Waals surface area (Å²) in [6.45, 7) is 1.54. The first-order valence-corrected chi connectivity index (χ1v) is 9.86. The Bertz CT molecular complexity index is 1440. The molecular formula is C19H16N6O3S. The van der Waals surface area contributed by atoms with Gasteiger partial charge < -0.3 is 10.1 Å². The molecule has 0 bridgehead atoms. The molecule has 29 heavy (non-hydrogen) atoms. The van der Waals surface area contributed by atoms with E-state index in [4.69, 9.17) is 9.98 Å². The van der Waals surface area contributed by atoms with Crippen molar-refractivity contribution in [3.05, 3.63) is 56.2 Å². The maximum absolute atomic E-state index is 11.7. The quantitative estimate of drug-likeness (QED) is 0.434. The molecule has 9 nitrogen and oxygen atoms in total. The van der Waals surface area contributed by atoms with Crippen molar-refractivity contribution in [2.24, 2.45) is 4.99 Å². The van der Waals surface area contributed by atoms with Crippen LogP contribution in [0.15, 0.2) is 34.2 Å². The topological polar surface area (TPSA) is 128 Å². The third kappa shape index (κ3) is 3.27. The van der Waals surface area contributed by atoms with Gasteiger partial charge in [0.05, 0.1) is 27.7 Å². The first-order chi connectivity index (χ1) is 14.0. The van der Waals surface area contributed by atoms with Gasteiger partial charge >= 0.3 is 5.69 Å². The Kier molecular flexibility index (Phi) is 3.95. The Hall–Kier alpha value is -3.53. The number of ketones is 1. The molecule has 1 aliphatic carbocycles. The summed E-state index contributed by atoms with van der Waals surface area (Å²) in [4.78, 5) is 38.9. The summed E-state index contributed by atoms with van der Waals surface area (Å²) in [6.07, 6.45) is 5.30. The molecule has 4 aromatic heterocycles. The fourth-order valence-corrected chi connectivity index (χ4v) is 3.85. The fraction of sp³-hybridized carbons (Fsp3) is 0.211. The van der Waals surface area contributed by atoms with E-state index in [1.807, 2.05) is 12.1 Å². The molecule has 146 valence electrons. The molecule has 1 fully saturated rings. The molecule has 0 spiro atoms. The van der Waals surface area contributed by atoms with Gasteiger partial charge in [0, 0.05) is 11.3 Å². The molecule has 0 saturated heterocycles. The number of hydrogen-bond acceptors (Lipinski definition) is 7. The molecular weight excluding hydrogens is 392 g/mol. The van der Waals surface area contributed by atoms with Crippen LogP contribution >= 0.6 is 11.3 Å². The van der Waals surface area contributed by atoms with Crippen LogP contribution in [0.3, 0.4) is 0 Å². The number of carbonyl (C=O) groups is 1. The molecule has 0 aromatic carbocycles. The zero-order valence-corrected chi connectivity index (χ0v) is 16.2. The number of H-pyrrole nitrogens is 2. The van der Waals surface area contributed by atoms with Crippen LogP contribution in [0.2, 0.25) is 0 Å². The van der Waals surface area contributed by atoms with E-state index in [1.54, 1.807) is 22.9 Å². The van der Waals surface area contributed by atoms with E-state index in [1.165, 1.54) is 18.3 Å². The van der Waals surface area contributed by atoms with E-state index < -0.39 is 5.69 Å². The number of carbonyl (C=O) groups excluding carboxylic acids is 1. The van der Waals surface area contributed by atoms with Crippen molar-refractivity contribution in [3.63, 3.8) is 0 Å². The zero-order valence-electron chi connectivity index (χ0n) is 15.3. The third-order valence-electron chi connectivity index (χ3n) is 4.58. The maximum atomic E-state index is 11.7. The first-order valence-electron chi connectivity index (χ1n) is 9.05. The van der Waals surface area contributed by atoms with E-state index >= 15 is 0 Å². The summed E-state index contributed by atoms with van der Waals surface area (Å²) in [7, 11) is 0. The summed E-state index contributed by atoms with van der Waals surface area (Å²) in [5.74, 6) is -0.242. The van der Waals surface area contributed by atoms with E-state index in [-0.39, 0.29) is 23.4 Å². The number of nitrogens with one attached hydrogen (secondary N) is 2. The molecule has 5 rings (SSSR count). The Morgan fingerprint density at radius 2 is 2.21 bits per heavy atom. The molecule has 0 atom stereocenters. The highest BCUT2D eigenvalue weighted by Crippen LogP contribution is 2.27. The Balaban J connectivity index is 1.75. The zero-order chi connectivity index (χ0) is 20.1. The Morgan fingerprint density at radius 1 is 1.38 bits per heavy atom. The summed E-state index contributed by atoms with van der Waals surface area (Å²) < 4.78 is 1.65. The highest BCUT2D eigenvalue weighted by molar-refractivity contribution is 7.17. The van der Waals surface area contributed by atoms with Gasteiger partial charge in [-0.3, -0.25) is 14.8 Å². The highest BCUT2D eigenvalue weighted by Gasteiger charge is 2.20.